The second-order valence-electron chi connectivity index (χ2n) is 12.2. The van der Waals surface area contributed by atoms with Gasteiger partial charge in [-0.2, -0.15) is 23.1 Å². The average molecular weight is 655 g/mol. The second-order valence-corrected chi connectivity index (χ2v) is 12.2. The van der Waals surface area contributed by atoms with Gasteiger partial charge in [0, 0.05) is 49.4 Å². The van der Waals surface area contributed by atoms with Crippen LogP contribution in [0, 0.1) is 5.41 Å². The van der Waals surface area contributed by atoms with Crippen LogP contribution in [0.2, 0.25) is 0 Å². The molecule has 13 heteroatoms. The summed E-state index contributed by atoms with van der Waals surface area (Å²) >= 11 is 0. The van der Waals surface area contributed by atoms with Gasteiger partial charge in [0.1, 0.15) is 11.9 Å². The fourth-order valence-electron chi connectivity index (χ4n) is 6.92. The molecule has 0 bridgehead atoms. The topological polar surface area (TPSA) is 134 Å². The van der Waals surface area contributed by atoms with Gasteiger partial charge in [0.2, 0.25) is 17.9 Å². The molecule has 1 amide bonds. The van der Waals surface area contributed by atoms with Gasteiger partial charge < -0.3 is 30.7 Å². The lowest BCUT2D eigenvalue weighted by Gasteiger charge is -2.43. The number of nitrogens with zero attached hydrogens (tertiary/aromatic N) is 4. The number of nitrogen functional groups attached to an aromatic ring is 1. The molecule has 5 rings (SSSR count). The van der Waals surface area contributed by atoms with E-state index in [-0.39, 0.29) is 34.8 Å². The van der Waals surface area contributed by atoms with Gasteiger partial charge in [-0.3, -0.25) is 9.59 Å². The Morgan fingerprint density at radius 1 is 1.04 bits per heavy atom. The maximum absolute atomic E-state index is 14.3. The van der Waals surface area contributed by atoms with Gasteiger partial charge in [-0.05, 0) is 68.2 Å². The number of carbonyl (C=O) groups is 2. The minimum Gasteiger partial charge on any atom is -0.480 e. The Morgan fingerprint density at radius 3 is 2.17 bits per heavy atom. The van der Waals surface area contributed by atoms with Crippen molar-refractivity contribution < 1.29 is 32.6 Å². The van der Waals surface area contributed by atoms with E-state index in [1.807, 2.05) is 25.7 Å². The lowest BCUT2D eigenvalue weighted by molar-refractivity contribution is -0.198. The smallest absolute Gasteiger partial charge is 0.429 e. The molecule has 2 aromatic carbocycles. The number of nitrogens with one attached hydrogen (secondary N) is 1. The summed E-state index contributed by atoms with van der Waals surface area (Å²) in [5.74, 6) is -1.09. The van der Waals surface area contributed by atoms with Crippen molar-refractivity contribution in [2.75, 3.05) is 36.8 Å². The van der Waals surface area contributed by atoms with Crippen LogP contribution >= 0.6 is 0 Å². The van der Waals surface area contributed by atoms with Crippen LogP contribution in [0.5, 0.6) is 5.88 Å². The van der Waals surface area contributed by atoms with Gasteiger partial charge in [-0.15, -0.1) is 0 Å². The zero-order valence-electron chi connectivity index (χ0n) is 26.8. The van der Waals surface area contributed by atoms with Crippen molar-refractivity contribution in [1.82, 2.24) is 20.2 Å². The third-order valence-corrected chi connectivity index (χ3v) is 9.51. The number of aliphatic carboxylic acids is 1. The van der Waals surface area contributed by atoms with Crippen LogP contribution < -0.4 is 20.7 Å². The first-order valence-electron chi connectivity index (χ1n) is 16.0. The quantitative estimate of drug-likeness (QED) is 0.252. The van der Waals surface area contributed by atoms with Crippen LogP contribution in [0.3, 0.4) is 0 Å². The van der Waals surface area contributed by atoms with Crippen LogP contribution in [0.4, 0.5) is 24.9 Å². The number of piperidine rings is 1. The molecule has 3 heterocycles. The van der Waals surface area contributed by atoms with E-state index in [1.165, 1.54) is 18.2 Å². The molecule has 0 radical (unpaired) electrons. The van der Waals surface area contributed by atoms with E-state index in [4.69, 9.17) is 10.5 Å². The Bertz CT molecular complexity index is 1560. The molecule has 1 spiro atoms. The number of aromatic nitrogens is 2. The Morgan fingerprint density at radius 2 is 1.64 bits per heavy atom. The van der Waals surface area contributed by atoms with Crippen molar-refractivity contribution in [2.24, 2.45) is 5.41 Å². The average Bonchev–Trinajstić information content (AvgIpc) is 3.42. The second kappa shape index (κ2) is 13.8. The summed E-state index contributed by atoms with van der Waals surface area (Å²) in [6, 6.07) is 13.7. The zero-order valence-corrected chi connectivity index (χ0v) is 26.8. The molecule has 10 nitrogen and oxygen atoms in total. The number of benzene rings is 2. The number of hydrogen-bond acceptors (Lipinski definition) is 8. The standard InChI is InChI=1S/C34H41F3N6O4/c1-4-26-33(20-25(39-26)31(45)46)15-17-43(18-16-33)27-19-28(41-32(38)40-27)47-29(34(35,36)37)23-11-7-21(8-12-23)22-9-13-24(14-10-22)30(44)42(5-2)6-3/h7-14,19,25-26,29,39H,4-6,15-18,20H2,1-3H3,(H,45,46)(H2,38,40,41)/t25?,26?,29-/m1/s1. The molecule has 47 heavy (non-hydrogen) atoms. The molecule has 2 saturated heterocycles. The molecule has 4 N–H and O–H groups in total. The van der Waals surface area contributed by atoms with Gasteiger partial charge in [0.15, 0.2) is 0 Å². The molecular formula is C34H41F3N6O4. The fourth-order valence-corrected chi connectivity index (χ4v) is 6.92. The number of carboxylic acid groups (broad SMARTS) is 1. The van der Waals surface area contributed by atoms with Crippen LogP contribution in [-0.4, -0.2) is 76.3 Å². The van der Waals surface area contributed by atoms with Crippen molar-refractivity contribution in [1.29, 1.82) is 0 Å². The van der Waals surface area contributed by atoms with E-state index in [0.29, 0.717) is 62.4 Å². The van der Waals surface area contributed by atoms with Gasteiger partial charge in [0.05, 0.1) is 0 Å². The number of nitrogens with two attached hydrogens (primary N) is 1. The van der Waals surface area contributed by atoms with Gasteiger partial charge in [0.25, 0.3) is 5.91 Å². The summed E-state index contributed by atoms with van der Waals surface area (Å²) in [4.78, 5) is 36.1. The number of amides is 1. The molecule has 2 unspecified atom stereocenters. The first-order valence-corrected chi connectivity index (χ1v) is 16.0. The van der Waals surface area contributed by atoms with Crippen molar-refractivity contribution in [3.63, 3.8) is 0 Å². The number of rotatable bonds is 10. The zero-order chi connectivity index (χ0) is 33.9. The molecule has 252 valence electrons. The molecule has 2 fully saturated rings. The minimum absolute atomic E-state index is 0.0696. The Labute approximate surface area is 272 Å². The van der Waals surface area contributed by atoms with E-state index >= 15 is 0 Å². The highest BCUT2D eigenvalue weighted by Gasteiger charge is 2.50. The van der Waals surface area contributed by atoms with Crippen molar-refractivity contribution in [3.05, 3.63) is 65.7 Å². The first kappa shape index (κ1) is 34.0. The molecular weight excluding hydrogens is 613 g/mol. The summed E-state index contributed by atoms with van der Waals surface area (Å²) < 4.78 is 48.5. The van der Waals surface area contributed by atoms with E-state index in [1.54, 1.807) is 41.3 Å². The lowest BCUT2D eigenvalue weighted by Crippen LogP contribution is -2.46. The largest absolute Gasteiger partial charge is 0.480 e. The van der Waals surface area contributed by atoms with E-state index in [0.717, 1.165) is 12.0 Å². The molecule has 2 aliphatic rings. The molecule has 0 aliphatic carbocycles. The Kier molecular flexibility index (Phi) is 9.94. The summed E-state index contributed by atoms with van der Waals surface area (Å²) in [5, 5.41) is 12.8. The van der Waals surface area contributed by atoms with E-state index in [2.05, 4.69) is 15.3 Å². The van der Waals surface area contributed by atoms with Crippen molar-refractivity contribution in [3.8, 4) is 17.0 Å². The molecule has 3 aromatic rings. The third kappa shape index (κ3) is 7.29. The van der Waals surface area contributed by atoms with Gasteiger partial charge >= 0.3 is 12.1 Å². The fraction of sp³-hybridized carbons (Fsp3) is 0.471. The predicted octanol–water partition coefficient (Wildman–Crippen LogP) is 5.70. The SMILES string of the molecule is CCC1NC(C(=O)O)CC12CCN(c1cc(O[C@H](c3ccc(-c4ccc(C(=O)N(CC)CC)cc4)cc3)C(F)(F)F)nc(N)n1)CC2. The summed E-state index contributed by atoms with van der Waals surface area (Å²) in [5.41, 5.74) is 7.63. The molecule has 2 aliphatic heterocycles. The monoisotopic (exact) mass is 654 g/mol. The number of carbonyl (C=O) groups excluding carboxylic acids is 1. The summed E-state index contributed by atoms with van der Waals surface area (Å²) in [6.45, 7) is 8.11. The van der Waals surface area contributed by atoms with Crippen LogP contribution in [-0.2, 0) is 4.79 Å². The van der Waals surface area contributed by atoms with Crippen LogP contribution in [0.15, 0.2) is 54.6 Å². The normalized spacial score (nSPS) is 19.8. The molecule has 3 atom stereocenters. The highest BCUT2D eigenvalue weighted by molar-refractivity contribution is 5.94. The van der Waals surface area contributed by atoms with Gasteiger partial charge in [-0.25, -0.2) is 0 Å². The third-order valence-electron chi connectivity index (χ3n) is 9.51. The van der Waals surface area contributed by atoms with Crippen molar-refractivity contribution in [2.45, 2.75) is 70.8 Å². The van der Waals surface area contributed by atoms with Gasteiger partial charge in [-0.1, -0.05) is 43.3 Å². The number of carboxylic acids is 1. The highest BCUT2D eigenvalue weighted by Crippen LogP contribution is 2.46. The number of ether oxygens (including phenoxy) is 1. The predicted molar refractivity (Wildman–Crippen MR) is 172 cm³/mol. The molecule has 1 aromatic heterocycles. The maximum atomic E-state index is 14.3. The number of anilines is 2. The lowest BCUT2D eigenvalue weighted by atomic mass is 9.71. The number of halogens is 3. The molecule has 0 saturated carbocycles. The number of hydrogen-bond donors (Lipinski definition) is 3. The van der Waals surface area contributed by atoms with E-state index < -0.39 is 24.3 Å². The minimum atomic E-state index is -4.75. The van der Waals surface area contributed by atoms with E-state index in [9.17, 15) is 27.9 Å². The Hall–Kier alpha value is -4.39. The van der Waals surface area contributed by atoms with Crippen LogP contribution in [0.25, 0.3) is 11.1 Å². The summed E-state index contributed by atoms with van der Waals surface area (Å²) in [7, 11) is 0. The van der Waals surface area contributed by atoms with Crippen LogP contribution in [0.1, 0.15) is 68.5 Å². The first-order chi connectivity index (χ1) is 22.4. The Balaban J connectivity index is 1.30. The number of alkyl halides is 3. The maximum Gasteiger partial charge on any atom is 0.429 e. The van der Waals surface area contributed by atoms with Crippen molar-refractivity contribution >= 4 is 23.6 Å². The highest BCUT2D eigenvalue weighted by atomic mass is 19.4. The summed E-state index contributed by atoms with van der Waals surface area (Å²) in [6.07, 6.45) is -4.32.